The third kappa shape index (κ3) is 1.04. The zero-order valence-corrected chi connectivity index (χ0v) is 5.84. The minimum atomic E-state index is 0.579. The highest BCUT2D eigenvalue weighted by atomic mass is 32.2. The highest BCUT2D eigenvalue weighted by Crippen LogP contribution is 2.40. The Labute approximate surface area is 58.4 Å². The molecule has 0 radical (unpaired) electrons. The Morgan fingerprint density at radius 1 is 1.67 bits per heavy atom. The highest BCUT2D eigenvalue weighted by Gasteiger charge is 2.34. The number of hydrogen-bond acceptors (Lipinski definition) is 4. The van der Waals surface area contributed by atoms with E-state index in [9.17, 15) is 0 Å². The van der Waals surface area contributed by atoms with Crippen LogP contribution in [0.4, 0.5) is 0 Å². The van der Waals surface area contributed by atoms with E-state index in [4.69, 9.17) is 5.84 Å². The van der Waals surface area contributed by atoms with Gasteiger partial charge in [-0.05, 0) is 30.7 Å². The van der Waals surface area contributed by atoms with E-state index in [0.717, 1.165) is 5.92 Å². The molecule has 0 amide bonds. The van der Waals surface area contributed by atoms with Crippen molar-refractivity contribution in [1.29, 1.82) is 0 Å². The van der Waals surface area contributed by atoms with Crippen LogP contribution in [-0.4, -0.2) is 16.0 Å². The fourth-order valence-electron chi connectivity index (χ4n) is 0.943. The van der Waals surface area contributed by atoms with Gasteiger partial charge < -0.3 is 0 Å². The molecule has 0 aromatic heterocycles. The number of hydrazine groups is 1. The summed E-state index contributed by atoms with van der Waals surface area (Å²) in [6, 6.07) is 0. The van der Waals surface area contributed by atoms with Crippen molar-refractivity contribution in [3.05, 3.63) is 0 Å². The maximum Gasteiger partial charge on any atom is 0.0678 e. The minimum absolute atomic E-state index is 0.579. The average molecular weight is 143 g/mol. The van der Waals surface area contributed by atoms with E-state index in [1.807, 2.05) is 6.21 Å². The van der Waals surface area contributed by atoms with Crippen LogP contribution in [0, 0.1) is 5.92 Å². The maximum absolute atomic E-state index is 5.39. The van der Waals surface area contributed by atoms with Crippen molar-refractivity contribution in [2.45, 2.75) is 18.1 Å². The second kappa shape index (κ2) is 1.88. The lowest BCUT2D eigenvalue weighted by Crippen LogP contribution is -2.14. The normalized spacial score (nSPS) is 33.9. The number of nitrogens with two attached hydrogens (primary N) is 1. The second-order valence-electron chi connectivity index (χ2n) is 2.47. The smallest absolute Gasteiger partial charge is 0.0678 e. The summed E-state index contributed by atoms with van der Waals surface area (Å²) in [5, 5.41) is 4.51. The molecule has 0 aromatic carbocycles. The molecule has 4 heteroatoms. The van der Waals surface area contributed by atoms with Crippen molar-refractivity contribution in [1.82, 2.24) is 4.52 Å². The van der Waals surface area contributed by atoms with E-state index in [1.165, 1.54) is 17.4 Å². The molecule has 1 atom stereocenters. The van der Waals surface area contributed by atoms with Gasteiger partial charge in [0.15, 0.2) is 0 Å². The first-order valence-corrected chi connectivity index (χ1v) is 3.95. The second-order valence-corrected chi connectivity index (χ2v) is 3.60. The highest BCUT2D eigenvalue weighted by molar-refractivity contribution is 7.98. The molecular formula is C5H9N3S. The van der Waals surface area contributed by atoms with Crippen LogP contribution in [-0.2, 0) is 0 Å². The molecule has 0 bridgehead atoms. The summed E-state index contributed by atoms with van der Waals surface area (Å²) in [7, 11) is 0. The Morgan fingerprint density at radius 3 is 2.89 bits per heavy atom. The summed E-state index contributed by atoms with van der Waals surface area (Å²) in [6.45, 7) is 0. The zero-order chi connectivity index (χ0) is 6.27. The number of rotatable bonds is 1. The van der Waals surface area contributed by atoms with Gasteiger partial charge >= 0.3 is 0 Å². The van der Waals surface area contributed by atoms with Crippen molar-refractivity contribution in [3.8, 4) is 0 Å². The summed E-state index contributed by atoms with van der Waals surface area (Å²) in [6.07, 6.45) is 4.66. The lowest BCUT2D eigenvalue weighted by Gasteiger charge is -2.05. The molecule has 9 heavy (non-hydrogen) atoms. The molecule has 1 heterocycles. The van der Waals surface area contributed by atoms with Crippen LogP contribution in [0.3, 0.4) is 0 Å². The predicted molar refractivity (Wildman–Crippen MR) is 38.6 cm³/mol. The molecule has 1 unspecified atom stereocenters. The molecule has 0 spiro atoms. The third-order valence-electron chi connectivity index (χ3n) is 1.64. The lowest BCUT2D eigenvalue weighted by atomic mass is 10.3. The van der Waals surface area contributed by atoms with Crippen LogP contribution >= 0.6 is 11.9 Å². The first-order valence-electron chi connectivity index (χ1n) is 3.12. The van der Waals surface area contributed by atoms with Crippen LogP contribution in [0.15, 0.2) is 5.10 Å². The van der Waals surface area contributed by atoms with E-state index >= 15 is 0 Å². The monoisotopic (exact) mass is 143 g/mol. The molecule has 2 aliphatic rings. The Kier molecular flexibility index (Phi) is 1.16. The van der Waals surface area contributed by atoms with E-state index in [2.05, 4.69) is 5.10 Å². The van der Waals surface area contributed by atoms with Gasteiger partial charge in [0.25, 0.3) is 0 Å². The molecule has 1 fully saturated rings. The number of hydrazone groups is 1. The minimum Gasteiger partial charge on any atom is -0.220 e. The molecular weight excluding hydrogens is 134 g/mol. The Morgan fingerprint density at radius 2 is 2.44 bits per heavy atom. The van der Waals surface area contributed by atoms with Gasteiger partial charge in [-0.15, -0.1) is 0 Å². The summed E-state index contributed by atoms with van der Waals surface area (Å²) in [4.78, 5) is 0. The molecule has 2 N–H and O–H groups in total. The largest absolute Gasteiger partial charge is 0.220 e. The fraction of sp³-hybridized carbons (Fsp3) is 0.800. The molecule has 0 aromatic rings. The van der Waals surface area contributed by atoms with Gasteiger partial charge in [-0.25, -0.2) is 5.84 Å². The molecule has 1 aliphatic heterocycles. The SMILES string of the molecule is NN1N=CC(C2CC2)S1. The Hall–Kier alpha value is -0.220. The summed E-state index contributed by atoms with van der Waals surface area (Å²) in [5.41, 5.74) is 0. The molecule has 1 saturated carbocycles. The quantitative estimate of drug-likeness (QED) is 0.431. The van der Waals surface area contributed by atoms with Gasteiger partial charge in [-0.1, -0.05) is 0 Å². The van der Waals surface area contributed by atoms with Crippen molar-refractivity contribution in [3.63, 3.8) is 0 Å². The standard InChI is InChI=1S/C5H9N3S/c6-8-7-3-5(9-8)4-1-2-4/h3-5H,1-2,6H2. The fourth-order valence-corrected chi connectivity index (χ4v) is 1.85. The van der Waals surface area contributed by atoms with Crippen LogP contribution in [0.25, 0.3) is 0 Å². The van der Waals surface area contributed by atoms with Crippen molar-refractivity contribution in [2.75, 3.05) is 0 Å². The van der Waals surface area contributed by atoms with Crippen LogP contribution in [0.1, 0.15) is 12.8 Å². The molecule has 0 saturated heterocycles. The van der Waals surface area contributed by atoms with E-state index in [-0.39, 0.29) is 0 Å². The molecule has 50 valence electrons. The average Bonchev–Trinajstić information content (AvgIpc) is 2.58. The molecule has 3 nitrogen and oxygen atoms in total. The van der Waals surface area contributed by atoms with E-state index in [1.54, 1.807) is 11.9 Å². The Bertz CT molecular complexity index is 143. The molecule has 2 rings (SSSR count). The first kappa shape index (κ1) is 5.56. The van der Waals surface area contributed by atoms with Crippen LogP contribution < -0.4 is 5.84 Å². The van der Waals surface area contributed by atoms with Gasteiger partial charge in [0.2, 0.25) is 0 Å². The van der Waals surface area contributed by atoms with Crippen LogP contribution in [0.5, 0.6) is 0 Å². The van der Waals surface area contributed by atoms with Gasteiger partial charge in [-0.2, -0.15) is 9.62 Å². The van der Waals surface area contributed by atoms with Crippen molar-refractivity contribution < 1.29 is 0 Å². The van der Waals surface area contributed by atoms with E-state index in [0.29, 0.717) is 5.25 Å². The lowest BCUT2D eigenvalue weighted by molar-refractivity contribution is 0.547. The van der Waals surface area contributed by atoms with Crippen molar-refractivity contribution >= 4 is 18.2 Å². The number of hydrogen-bond donors (Lipinski definition) is 1. The summed E-state index contributed by atoms with van der Waals surface area (Å²) < 4.78 is 1.45. The van der Waals surface area contributed by atoms with E-state index < -0.39 is 0 Å². The van der Waals surface area contributed by atoms with Gasteiger partial charge in [-0.3, -0.25) is 0 Å². The van der Waals surface area contributed by atoms with Gasteiger partial charge in [0, 0.05) is 6.21 Å². The topological polar surface area (TPSA) is 41.6 Å². The van der Waals surface area contributed by atoms with Gasteiger partial charge in [0.1, 0.15) is 0 Å². The third-order valence-corrected chi connectivity index (χ3v) is 2.70. The number of nitrogens with zero attached hydrogens (tertiary/aromatic N) is 2. The zero-order valence-electron chi connectivity index (χ0n) is 5.03. The molecule has 1 aliphatic carbocycles. The summed E-state index contributed by atoms with van der Waals surface area (Å²) in [5.74, 6) is 6.26. The first-order chi connectivity index (χ1) is 4.36. The predicted octanol–water partition coefficient (Wildman–Crippen LogP) is 0.588. The van der Waals surface area contributed by atoms with Crippen LogP contribution in [0.2, 0.25) is 0 Å². The van der Waals surface area contributed by atoms with Crippen molar-refractivity contribution in [2.24, 2.45) is 16.9 Å². The Balaban J connectivity index is 1.94. The summed E-state index contributed by atoms with van der Waals surface area (Å²) >= 11 is 1.62. The maximum atomic E-state index is 5.39. The van der Waals surface area contributed by atoms with Gasteiger partial charge in [0.05, 0.1) is 5.25 Å².